The molecule has 0 fully saturated rings. The first-order valence-corrected chi connectivity index (χ1v) is 8.21. The first-order valence-electron chi connectivity index (χ1n) is 8.21. The van der Waals surface area contributed by atoms with Crippen LogP contribution in [0.1, 0.15) is 44.5 Å². The fraction of sp³-hybridized carbons (Fsp3) is 0.381. The fourth-order valence-corrected chi connectivity index (χ4v) is 3.18. The highest BCUT2D eigenvalue weighted by molar-refractivity contribution is 5.60. The zero-order valence-electron chi connectivity index (χ0n) is 15.4. The third-order valence-corrected chi connectivity index (χ3v) is 4.35. The number of hydrogen-bond donors (Lipinski definition) is 0. The molecular weight excluding hydrogens is 300 g/mol. The molecule has 2 rings (SSSR count). The number of aryl methyl sites for hydroxylation is 6. The van der Waals surface area contributed by atoms with Crippen LogP contribution in [0.2, 0.25) is 0 Å². The Morgan fingerprint density at radius 1 is 0.667 bits per heavy atom. The van der Waals surface area contributed by atoms with Gasteiger partial charge in [0.2, 0.25) is 0 Å². The molecule has 3 heteroatoms. The number of carbonyl (C=O) groups excluding carboxylic acids is 1. The minimum atomic E-state index is -0.631. The molecule has 0 spiro atoms. The molecule has 0 aliphatic carbocycles. The van der Waals surface area contributed by atoms with Gasteiger partial charge in [-0.1, -0.05) is 35.4 Å². The molecule has 3 nitrogen and oxygen atoms in total. The van der Waals surface area contributed by atoms with Crippen LogP contribution in [0.25, 0.3) is 0 Å². The van der Waals surface area contributed by atoms with Gasteiger partial charge in [0.15, 0.2) is 0 Å². The molecule has 0 heterocycles. The standard InChI is InChI=1S/C21H26O3/c1-13-7-15(3)19(16(4)8-13)11-23-21(22)24-12-20-17(5)9-14(2)10-18(20)6/h7-10H,11-12H2,1-6H3. The van der Waals surface area contributed by atoms with E-state index in [1.54, 1.807) is 0 Å². The lowest BCUT2D eigenvalue weighted by Gasteiger charge is -2.14. The monoisotopic (exact) mass is 326 g/mol. The van der Waals surface area contributed by atoms with Crippen LogP contribution in [0.3, 0.4) is 0 Å². The Bertz CT molecular complexity index is 650. The summed E-state index contributed by atoms with van der Waals surface area (Å²) in [6.07, 6.45) is -0.631. The SMILES string of the molecule is Cc1cc(C)c(COC(=O)OCc2c(C)cc(C)cc2C)c(C)c1. The van der Waals surface area contributed by atoms with Crippen molar-refractivity contribution in [2.75, 3.05) is 0 Å². The normalized spacial score (nSPS) is 10.6. The second-order valence-corrected chi connectivity index (χ2v) is 6.58. The first kappa shape index (κ1) is 18.1. The molecule has 0 N–H and O–H groups in total. The largest absolute Gasteiger partial charge is 0.508 e. The van der Waals surface area contributed by atoms with Crippen molar-refractivity contribution in [3.8, 4) is 0 Å². The van der Waals surface area contributed by atoms with E-state index in [1.807, 2.05) is 27.7 Å². The van der Waals surface area contributed by atoms with E-state index in [0.29, 0.717) is 0 Å². The minimum absolute atomic E-state index is 0.239. The highest BCUT2D eigenvalue weighted by Crippen LogP contribution is 2.19. The van der Waals surface area contributed by atoms with Crippen LogP contribution in [0.15, 0.2) is 24.3 Å². The molecule has 0 radical (unpaired) electrons. The molecule has 24 heavy (non-hydrogen) atoms. The molecule has 2 aromatic rings. The molecule has 0 unspecified atom stereocenters. The van der Waals surface area contributed by atoms with E-state index in [2.05, 4.69) is 38.1 Å². The van der Waals surface area contributed by atoms with Gasteiger partial charge >= 0.3 is 6.16 Å². The van der Waals surface area contributed by atoms with Crippen LogP contribution in [0.4, 0.5) is 4.79 Å². The lowest BCUT2D eigenvalue weighted by Crippen LogP contribution is -2.10. The Hall–Kier alpha value is -2.29. The fourth-order valence-electron chi connectivity index (χ4n) is 3.18. The van der Waals surface area contributed by atoms with Crippen LogP contribution in [-0.4, -0.2) is 6.16 Å². The van der Waals surface area contributed by atoms with Crippen molar-refractivity contribution in [2.45, 2.75) is 54.8 Å². The average Bonchev–Trinajstić information content (AvgIpc) is 2.44. The van der Waals surface area contributed by atoms with E-state index >= 15 is 0 Å². The number of hydrogen-bond acceptors (Lipinski definition) is 3. The molecule has 0 saturated heterocycles. The highest BCUT2D eigenvalue weighted by atomic mass is 16.7. The Kier molecular flexibility index (Phi) is 5.66. The van der Waals surface area contributed by atoms with Crippen molar-refractivity contribution >= 4 is 6.16 Å². The van der Waals surface area contributed by atoms with Crippen LogP contribution in [0, 0.1) is 41.5 Å². The molecule has 0 aromatic heterocycles. The summed E-state index contributed by atoms with van der Waals surface area (Å²) in [5, 5.41) is 0. The Morgan fingerprint density at radius 2 is 0.958 bits per heavy atom. The topological polar surface area (TPSA) is 35.5 Å². The smallest absolute Gasteiger partial charge is 0.429 e. The van der Waals surface area contributed by atoms with Crippen LogP contribution in [0.5, 0.6) is 0 Å². The van der Waals surface area contributed by atoms with Gasteiger partial charge in [0, 0.05) is 0 Å². The van der Waals surface area contributed by atoms with Gasteiger partial charge < -0.3 is 9.47 Å². The zero-order chi connectivity index (χ0) is 17.9. The second-order valence-electron chi connectivity index (χ2n) is 6.58. The number of benzene rings is 2. The van der Waals surface area contributed by atoms with Gasteiger partial charge in [0.25, 0.3) is 0 Å². The van der Waals surface area contributed by atoms with Crippen molar-refractivity contribution in [1.82, 2.24) is 0 Å². The van der Waals surface area contributed by atoms with E-state index < -0.39 is 6.16 Å². The van der Waals surface area contributed by atoms with Gasteiger partial charge in [-0.05, 0) is 74.9 Å². The number of carbonyl (C=O) groups is 1. The lowest BCUT2D eigenvalue weighted by atomic mass is 10.0. The molecule has 0 bridgehead atoms. The van der Waals surface area contributed by atoms with E-state index in [0.717, 1.165) is 33.4 Å². The summed E-state index contributed by atoms with van der Waals surface area (Å²) in [5.41, 5.74) is 9.02. The van der Waals surface area contributed by atoms with Crippen molar-refractivity contribution in [2.24, 2.45) is 0 Å². The number of ether oxygens (including phenoxy) is 2. The van der Waals surface area contributed by atoms with Gasteiger partial charge in [0.1, 0.15) is 13.2 Å². The maximum Gasteiger partial charge on any atom is 0.508 e. The lowest BCUT2D eigenvalue weighted by molar-refractivity contribution is 0.0442. The van der Waals surface area contributed by atoms with Crippen LogP contribution >= 0.6 is 0 Å². The molecule has 2 aromatic carbocycles. The van der Waals surface area contributed by atoms with E-state index in [-0.39, 0.29) is 13.2 Å². The molecule has 0 saturated carbocycles. The Morgan fingerprint density at radius 3 is 1.25 bits per heavy atom. The van der Waals surface area contributed by atoms with Crippen molar-refractivity contribution in [3.63, 3.8) is 0 Å². The summed E-state index contributed by atoms with van der Waals surface area (Å²) in [5.74, 6) is 0. The van der Waals surface area contributed by atoms with Crippen molar-refractivity contribution in [1.29, 1.82) is 0 Å². The quantitative estimate of drug-likeness (QED) is 0.707. The molecular formula is C21H26O3. The summed E-state index contributed by atoms with van der Waals surface area (Å²) >= 11 is 0. The maximum atomic E-state index is 11.9. The first-order chi connectivity index (χ1) is 11.3. The van der Waals surface area contributed by atoms with Gasteiger partial charge in [-0.25, -0.2) is 4.79 Å². The average molecular weight is 326 g/mol. The molecule has 128 valence electrons. The Balaban J connectivity index is 1.96. The molecule has 0 atom stereocenters. The van der Waals surface area contributed by atoms with E-state index in [9.17, 15) is 4.79 Å². The maximum absolute atomic E-state index is 11.9. The van der Waals surface area contributed by atoms with E-state index in [1.165, 1.54) is 11.1 Å². The number of rotatable bonds is 4. The predicted octanol–water partition coefficient (Wildman–Crippen LogP) is 5.39. The third-order valence-electron chi connectivity index (χ3n) is 4.35. The molecule has 0 aliphatic rings. The molecule has 0 amide bonds. The summed E-state index contributed by atoms with van der Waals surface area (Å²) in [6.45, 7) is 12.7. The third kappa shape index (κ3) is 4.38. The van der Waals surface area contributed by atoms with Gasteiger partial charge in [-0.15, -0.1) is 0 Å². The summed E-state index contributed by atoms with van der Waals surface area (Å²) in [6, 6.07) is 8.37. The minimum Gasteiger partial charge on any atom is -0.429 e. The zero-order valence-corrected chi connectivity index (χ0v) is 15.4. The van der Waals surface area contributed by atoms with Crippen molar-refractivity contribution < 1.29 is 14.3 Å². The Labute approximate surface area is 144 Å². The van der Waals surface area contributed by atoms with Crippen LogP contribution < -0.4 is 0 Å². The molecule has 0 aliphatic heterocycles. The highest BCUT2D eigenvalue weighted by Gasteiger charge is 2.11. The van der Waals surface area contributed by atoms with E-state index in [4.69, 9.17) is 9.47 Å². The second kappa shape index (κ2) is 7.52. The predicted molar refractivity (Wildman–Crippen MR) is 96.3 cm³/mol. The van der Waals surface area contributed by atoms with Gasteiger partial charge in [-0.2, -0.15) is 0 Å². The summed E-state index contributed by atoms with van der Waals surface area (Å²) in [4.78, 5) is 11.9. The van der Waals surface area contributed by atoms with Gasteiger partial charge in [-0.3, -0.25) is 0 Å². The summed E-state index contributed by atoms with van der Waals surface area (Å²) < 4.78 is 10.6. The van der Waals surface area contributed by atoms with Gasteiger partial charge in [0.05, 0.1) is 0 Å². The van der Waals surface area contributed by atoms with Crippen LogP contribution in [-0.2, 0) is 22.7 Å². The van der Waals surface area contributed by atoms with Crippen molar-refractivity contribution in [3.05, 3.63) is 68.8 Å². The summed E-state index contributed by atoms with van der Waals surface area (Å²) in [7, 11) is 0.